The zero-order valence-electron chi connectivity index (χ0n) is 16.3. The Morgan fingerprint density at radius 3 is 2.86 bits per heavy atom. The van der Waals surface area contributed by atoms with Crippen LogP contribution in [0.25, 0.3) is 10.9 Å². The molecule has 2 N–H and O–H groups in total. The van der Waals surface area contributed by atoms with Crippen molar-refractivity contribution >= 4 is 16.8 Å². The molecule has 1 aromatic carbocycles. The number of nitrogens with zero attached hydrogens (tertiary/aromatic N) is 3. The first kappa shape index (κ1) is 18.6. The highest BCUT2D eigenvalue weighted by molar-refractivity contribution is 5.95. The van der Waals surface area contributed by atoms with Gasteiger partial charge in [0.15, 0.2) is 0 Å². The number of para-hydroxylation sites is 1. The number of aromatic nitrogens is 3. The SMILES string of the molecule is CCCn1ncc(C(=O)N[C@@H](c2cnc3ccccc3c2)C2CC(O)C2)c1C. The van der Waals surface area contributed by atoms with Crippen LogP contribution in [0.15, 0.2) is 42.7 Å². The number of carbonyl (C=O) groups is 1. The van der Waals surface area contributed by atoms with Crippen LogP contribution in [-0.2, 0) is 6.54 Å². The van der Waals surface area contributed by atoms with Gasteiger partial charge in [-0.25, -0.2) is 0 Å². The van der Waals surface area contributed by atoms with Gasteiger partial charge in [-0.05, 0) is 49.8 Å². The van der Waals surface area contributed by atoms with Crippen LogP contribution in [0, 0.1) is 12.8 Å². The molecule has 1 amide bonds. The molecule has 0 unspecified atom stereocenters. The number of amides is 1. The van der Waals surface area contributed by atoms with Gasteiger partial charge in [0.2, 0.25) is 0 Å². The van der Waals surface area contributed by atoms with Crippen LogP contribution in [0.2, 0.25) is 0 Å². The van der Waals surface area contributed by atoms with Crippen LogP contribution in [0.4, 0.5) is 0 Å². The fraction of sp³-hybridized carbons (Fsp3) is 0.409. The quantitative estimate of drug-likeness (QED) is 0.689. The Labute approximate surface area is 164 Å². The predicted molar refractivity (Wildman–Crippen MR) is 108 cm³/mol. The van der Waals surface area contributed by atoms with Gasteiger partial charge < -0.3 is 10.4 Å². The van der Waals surface area contributed by atoms with E-state index in [1.807, 2.05) is 42.1 Å². The Kier molecular flexibility index (Phi) is 5.13. The predicted octanol–water partition coefficient (Wildman–Crippen LogP) is 3.39. The highest BCUT2D eigenvalue weighted by Crippen LogP contribution is 2.38. The molecule has 2 heterocycles. The van der Waals surface area contributed by atoms with Crippen molar-refractivity contribution in [3.05, 3.63) is 59.5 Å². The van der Waals surface area contributed by atoms with Crippen molar-refractivity contribution in [2.75, 3.05) is 0 Å². The number of rotatable bonds is 6. The molecule has 0 radical (unpaired) electrons. The topological polar surface area (TPSA) is 80.0 Å². The number of aliphatic hydroxyl groups is 1. The standard InChI is InChI=1S/C22H26N4O2/c1-3-8-26-14(2)19(13-24-26)22(28)25-21(16-10-18(27)11-16)17-9-15-6-4-5-7-20(15)23-12-17/h4-7,9,12-13,16,18,21,27H,3,8,10-11H2,1-2H3,(H,25,28)/t16?,18?,21-/m1/s1. The van der Waals surface area contributed by atoms with Crippen LogP contribution in [-0.4, -0.2) is 31.9 Å². The molecule has 3 aromatic rings. The van der Waals surface area contributed by atoms with Gasteiger partial charge in [0, 0.05) is 23.8 Å². The average molecular weight is 378 g/mol. The third kappa shape index (κ3) is 3.52. The van der Waals surface area contributed by atoms with Gasteiger partial charge >= 0.3 is 0 Å². The van der Waals surface area contributed by atoms with Crippen molar-refractivity contribution < 1.29 is 9.90 Å². The third-order valence-electron chi connectivity index (χ3n) is 5.66. The van der Waals surface area contributed by atoms with E-state index < -0.39 is 0 Å². The molecule has 6 nitrogen and oxygen atoms in total. The Morgan fingerprint density at radius 1 is 1.32 bits per heavy atom. The molecular weight excluding hydrogens is 352 g/mol. The van der Waals surface area contributed by atoms with Crippen LogP contribution in [0.3, 0.4) is 0 Å². The van der Waals surface area contributed by atoms with E-state index in [-0.39, 0.29) is 24.0 Å². The van der Waals surface area contributed by atoms with Crippen molar-refractivity contribution in [2.24, 2.45) is 5.92 Å². The molecule has 28 heavy (non-hydrogen) atoms. The molecule has 1 atom stereocenters. The van der Waals surface area contributed by atoms with Gasteiger partial charge in [-0.2, -0.15) is 5.10 Å². The summed E-state index contributed by atoms with van der Waals surface area (Å²) >= 11 is 0. The molecule has 2 aromatic heterocycles. The smallest absolute Gasteiger partial charge is 0.255 e. The minimum atomic E-state index is -0.285. The summed E-state index contributed by atoms with van der Waals surface area (Å²) in [6.45, 7) is 4.81. The molecule has 6 heteroatoms. The highest BCUT2D eigenvalue weighted by atomic mass is 16.3. The van der Waals surface area contributed by atoms with E-state index in [0.717, 1.165) is 35.1 Å². The summed E-state index contributed by atoms with van der Waals surface area (Å²) in [5, 5.41) is 18.4. The van der Waals surface area contributed by atoms with Crippen LogP contribution >= 0.6 is 0 Å². The van der Waals surface area contributed by atoms with E-state index >= 15 is 0 Å². The first-order valence-corrected chi connectivity index (χ1v) is 9.92. The zero-order chi connectivity index (χ0) is 19.7. The molecule has 4 rings (SSSR count). The van der Waals surface area contributed by atoms with Gasteiger partial charge in [0.05, 0.1) is 29.4 Å². The van der Waals surface area contributed by atoms with Gasteiger partial charge in [0.25, 0.3) is 5.91 Å². The molecule has 146 valence electrons. The molecule has 0 saturated heterocycles. The lowest BCUT2D eigenvalue weighted by Gasteiger charge is -2.38. The second-order valence-electron chi connectivity index (χ2n) is 7.66. The second-order valence-corrected chi connectivity index (χ2v) is 7.66. The number of nitrogens with one attached hydrogen (secondary N) is 1. The van der Waals surface area contributed by atoms with E-state index in [9.17, 15) is 9.90 Å². The molecule has 0 bridgehead atoms. The largest absolute Gasteiger partial charge is 0.393 e. The highest BCUT2D eigenvalue weighted by Gasteiger charge is 2.36. The molecule has 0 aliphatic heterocycles. The number of aryl methyl sites for hydroxylation is 1. The molecule has 1 aliphatic rings. The Balaban J connectivity index is 1.62. The summed E-state index contributed by atoms with van der Waals surface area (Å²) < 4.78 is 1.87. The van der Waals surface area contributed by atoms with Gasteiger partial charge in [-0.1, -0.05) is 25.1 Å². The lowest BCUT2D eigenvalue weighted by atomic mass is 9.75. The van der Waals surface area contributed by atoms with Crippen molar-refractivity contribution in [1.29, 1.82) is 0 Å². The minimum Gasteiger partial charge on any atom is -0.393 e. The fourth-order valence-corrected chi connectivity index (χ4v) is 3.96. The van der Waals surface area contributed by atoms with Crippen molar-refractivity contribution in [2.45, 2.75) is 51.8 Å². The first-order valence-electron chi connectivity index (χ1n) is 9.92. The second kappa shape index (κ2) is 7.72. The molecule has 1 saturated carbocycles. The van der Waals surface area contributed by atoms with E-state index in [2.05, 4.69) is 28.4 Å². The maximum atomic E-state index is 13.0. The van der Waals surface area contributed by atoms with Crippen molar-refractivity contribution in [3.8, 4) is 0 Å². The number of carbonyl (C=O) groups excluding carboxylic acids is 1. The van der Waals surface area contributed by atoms with Crippen LogP contribution in [0.5, 0.6) is 0 Å². The lowest BCUT2D eigenvalue weighted by molar-refractivity contribution is 0.0235. The zero-order valence-corrected chi connectivity index (χ0v) is 16.3. The van der Waals surface area contributed by atoms with Crippen LogP contribution < -0.4 is 5.32 Å². The van der Waals surface area contributed by atoms with Crippen molar-refractivity contribution in [1.82, 2.24) is 20.1 Å². The van der Waals surface area contributed by atoms with Crippen LogP contribution in [0.1, 0.15) is 53.8 Å². The van der Waals surface area contributed by atoms with E-state index in [1.165, 1.54) is 0 Å². The number of aliphatic hydroxyl groups excluding tert-OH is 1. The van der Waals surface area contributed by atoms with E-state index in [4.69, 9.17) is 0 Å². The molecular formula is C22H26N4O2. The van der Waals surface area contributed by atoms with Gasteiger partial charge in [-0.3, -0.25) is 14.5 Å². The fourth-order valence-electron chi connectivity index (χ4n) is 3.96. The minimum absolute atomic E-state index is 0.126. The Hall–Kier alpha value is -2.73. The molecule has 0 spiro atoms. The maximum Gasteiger partial charge on any atom is 0.255 e. The monoisotopic (exact) mass is 378 g/mol. The summed E-state index contributed by atoms with van der Waals surface area (Å²) in [7, 11) is 0. The number of hydrogen-bond acceptors (Lipinski definition) is 4. The van der Waals surface area contributed by atoms with E-state index in [1.54, 1.807) is 6.20 Å². The summed E-state index contributed by atoms with van der Waals surface area (Å²) in [6.07, 6.45) is 5.54. The van der Waals surface area contributed by atoms with E-state index in [0.29, 0.717) is 18.4 Å². The Bertz CT molecular complexity index is 991. The number of benzene rings is 1. The summed E-state index contributed by atoms with van der Waals surface area (Å²) in [5.74, 6) is 0.0762. The summed E-state index contributed by atoms with van der Waals surface area (Å²) in [6, 6.07) is 9.87. The molecule has 1 fully saturated rings. The third-order valence-corrected chi connectivity index (χ3v) is 5.66. The maximum absolute atomic E-state index is 13.0. The molecule has 1 aliphatic carbocycles. The summed E-state index contributed by atoms with van der Waals surface area (Å²) in [4.78, 5) is 17.6. The van der Waals surface area contributed by atoms with Gasteiger partial charge in [-0.15, -0.1) is 0 Å². The first-order chi connectivity index (χ1) is 13.6. The van der Waals surface area contributed by atoms with Gasteiger partial charge in [0.1, 0.15) is 0 Å². The number of pyridine rings is 1. The number of hydrogen-bond donors (Lipinski definition) is 2. The number of fused-ring (bicyclic) bond motifs is 1. The van der Waals surface area contributed by atoms with Crippen molar-refractivity contribution in [3.63, 3.8) is 0 Å². The lowest BCUT2D eigenvalue weighted by Crippen LogP contribution is -2.41. The Morgan fingerprint density at radius 2 is 2.11 bits per heavy atom. The average Bonchev–Trinajstić information content (AvgIpc) is 3.04. The summed E-state index contributed by atoms with van der Waals surface area (Å²) in [5.41, 5.74) is 3.39. The normalized spacial score (nSPS) is 20.0.